The molecule has 9 nitrogen and oxygen atoms in total. The van der Waals surface area contributed by atoms with Crippen LogP contribution >= 0.6 is 11.6 Å². The average Bonchev–Trinajstić information content (AvgIpc) is 3.25. The van der Waals surface area contributed by atoms with Crippen molar-refractivity contribution in [3.05, 3.63) is 58.9 Å². The number of halogens is 2. The highest BCUT2D eigenvalue weighted by molar-refractivity contribution is 7.89. The van der Waals surface area contributed by atoms with Crippen LogP contribution in [0.2, 0.25) is 5.02 Å². The SMILES string of the molecule is COCCC1CC(C(=O)N(O)NS(=O)(=O)c2ccc(OCc3ccc(F)cc3Cl)cc2)CO1. The molecule has 1 aliphatic heterocycles. The van der Waals surface area contributed by atoms with Gasteiger partial charge in [0.25, 0.3) is 15.9 Å². The summed E-state index contributed by atoms with van der Waals surface area (Å²) in [5.74, 6) is -1.60. The molecule has 12 heteroatoms. The minimum Gasteiger partial charge on any atom is -0.489 e. The first-order chi connectivity index (χ1) is 15.7. The molecule has 33 heavy (non-hydrogen) atoms. The first-order valence-electron chi connectivity index (χ1n) is 10.0. The smallest absolute Gasteiger partial charge is 0.267 e. The van der Waals surface area contributed by atoms with E-state index in [1.807, 2.05) is 4.83 Å². The van der Waals surface area contributed by atoms with Crippen LogP contribution in [0, 0.1) is 11.7 Å². The van der Waals surface area contributed by atoms with Gasteiger partial charge in [0.2, 0.25) is 0 Å². The number of hydrogen-bond acceptors (Lipinski definition) is 7. The summed E-state index contributed by atoms with van der Waals surface area (Å²) in [5, 5.41) is 10.2. The van der Waals surface area contributed by atoms with Gasteiger partial charge in [0.1, 0.15) is 18.2 Å². The molecular weight excluding hydrogens is 479 g/mol. The molecule has 1 fully saturated rings. The van der Waals surface area contributed by atoms with Crippen molar-refractivity contribution < 1.29 is 37.0 Å². The van der Waals surface area contributed by atoms with Crippen LogP contribution in [0.4, 0.5) is 4.39 Å². The second kappa shape index (κ2) is 11.2. The summed E-state index contributed by atoms with van der Waals surface area (Å²) in [5.41, 5.74) is 0.561. The molecule has 2 unspecified atom stereocenters. The predicted molar refractivity (Wildman–Crippen MR) is 115 cm³/mol. The summed E-state index contributed by atoms with van der Waals surface area (Å²) >= 11 is 5.96. The van der Waals surface area contributed by atoms with Gasteiger partial charge in [-0.3, -0.25) is 10.0 Å². The third-order valence-corrected chi connectivity index (χ3v) is 6.69. The Balaban J connectivity index is 1.55. The standard InChI is InChI=1S/C21H24ClFN2O7S/c1-30-9-8-18-10-15(13-32-18)21(26)25(27)24-33(28,29)19-6-4-17(5-7-19)31-12-14-2-3-16(23)11-20(14)22/h2-7,11,15,18,24,27H,8-10,12-13H2,1H3. The molecular formula is C21H24ClFN2O7S. The molecule has 0 bridgehead atoms. The fourth-order valence-electron chi connectivity index (χ4n) is 3.23. The molecule has 0 spiro atoms. The lowest BCUT2D eigenvalue weighted by molar-refractivity contribution is -0.177. The van der Waals surface area contributed by atoms with Crippen LogP contribution in [0.3, 0.4) is 0 Å². The van der Waals surface area contributed by atoms with Crippen LogP contribution < -0.4 is 9.57 Å². The summed E-state index contributed by atoms with van der Waals surface area (Å²) < 4.78 is 54.2. The van der Waals surface area contributed by atoms with Gasteiger partial charge in [-0.15, -0.1) is 5.17 Å². The van der Waals surface area contributed by atoms with E-state index in [9.17, 15) is 22.8 Å². The predicted octanol–water partition coefficient (Wildman–Crippen LogP) is 2.91. The molecule has 0 radical (unpaired) electrons. The Labute approximate surface area is 196 Å². The molecule has 0 aromatic heterocycles. The van der Waals surface area contributed by atoms with E-state index in [0.717, 1.165) is 0 Å². The number of carbonyl (C=O) groups excluding carboxylic acids is 1. The number of hydrazine groups is 1. The zero-order chi connectivity index (χ0) is 24.0. The molecule has 3 rings (SSSR count). The minimum absolute atomic E-state index is 0.0248. The highest BCUT2D eigenvalue weighted by atomic mass is 35.5. The molecule has 2 N–H and O–H groups in total. The topological polar surface area (TPSA) is 114 Å². The zero-order valence-electron chi connectivity index (χ0n) is 17.7. The lowest BCUT2D eigenvalue weighted by atomic mass is 10.0. The maximum atomic E-state index is 13.1. The number of benzene rings is 2. The van der Waals surface area contributed by atoms with E-state index in [1.165, 1.54) is 42.5 Å². The van der Waals surface area contributed by atoms with Crippen molar-refractivity contribution in [1.82, 2.24) is 10.0 Å². The molecule has 0 aliphatic carbocycles. The highest BCUT2D eigenvalue weighted by Gasteiger charge is 2.34. The van der Waals surface area contributed by atoms with Crippen LogP contribution in [0.5, 0.6) is 5.75 Å². The Kier molecular flexibility index (Phi) is 8.63. The number of rotatable bonds is 10. The molecule has 1 aliphatic rings. The Hall–Kier alpha value is -2.28. The van der Waals surface area contributed by atoms with Crippen LogP contribution in [-0.2, 0) is 30.9 Å². The summed E-state index contributed by atoms with van der Waals surface area (Å²) in [6, 6.07) is 9.22. The number of carbonyl (C=O) groups is 1. The van der Waals surface area contributed by atoms with Gasteiger partial charge < -0.3 is 14.2 Å². The summed E-state index contributed by atoms with van der Waals surface area (Å²) in [4.78, 5) is 14.0. The van der Waals surface area contributed by atoms with E-state index in [2.05, 4.69) is 0 Å². The molecule has 0 saturated carbocycles. The molecule has 1 heterocycles. The van der Waals surface area contributed by atoms with E-state index in [0.29, 0.717) is 30.8 Å². The second-order valence-corrected chi connectivity index (χ2v) is 9.48. The fraction of sp³-hybridized carbons (Fsp3) is 0.381. The number of nitrogens with one attached hydrogen (secondary N) is 1. The third-order valence-electron chi connectivity index (χ3n) is 5.03. The number of sulfonamides is 1. The van der Waals surface area contributed by atoms with Gasteiger partial charge in [-0.05, 0) is 49.2 Å². The maximum Gasteiger partial charge on any atom is 0.267 e. The minimum atomic E-state index is -4.23. The quantitative estimate of drug-likeness (QED) is 0.379. The van der Waals surface area contributed by atoms with Gasteiger partial charge >= 0.3 is 0 Å². The van der Waals surface area contributed by atoms with Crippen LogP contribution in [0.15, 0.2) is 47.4 Å². The number of amides is 1. The number of hydroxylamine groups is 1. The Morgan fingerprint density at radius 2 is 2.03 bits per heavy atom. The van der Waals surface area contributed by atoms with Crippen molar-refractivity contribution in [3.8, 4) is 5.75 Å². The van der Waals surface area contributed by atoms with E-state index >= 15 is 0 Å². The normalized spacial score (nSPS) is 18.3. The fourth-order valence-corrected chi connectivity index (χ4v) is 4.37. The number of hydrogen-bond donors (Lipinski definition) is 2. The Bertz CT molecular complexity index is 1070. The van der Waals surface area contributed by atoms with Crippen molar-refractivity contribution in [2.75, 3.05) is 20.3 Å². The van der Waals surface area contributed by atoms with E-state index < -0.39 is 27.7 Å². The van der Waals surface area contributed by atoms with Crippen molar-refractivity contribution in [2.45, 2.75) is 30.4 Å². The lowest BCUT2D eigenvalue weighted by Crippen LogP contribution is -2.46. The van der Waals surface area contributed by atoms with Crippen molar-refractivity contribution in [1.29, 1.82) is 0 Å². The molecule has 2 aromatic carbocycles. The van der Waals surface area contributed by atoms with Gasteiger partial charge in [-0.1, -0.05) is 22.5 Å². The van der Waals surface area contributed by atoms with E-state index in [1.54, 1.807) is 7.11 Å². The van der Waals surface area contributed by atoms with Gasteiger partial charge in [0.15, 0.2) is 0 Å². The third kappa shape index (κ3) is 6.85. The first kappa shape index (κ1) is 25.3. The monoisotopic (exact) mass is 502 g/mol. The van der Waals surface area contributed by atoms with Crippen molar-refractivity contribution in [2.24, 2.45) is 5.92 Å². The molecule has 1 amide bonds. The van der Waals surface area contributed by atoms with Crippen LogP contribution in [0.25, 0.3) is 0 Å². The Morgan fingerprint density at radius 1 is 1.30 bits per heavy atom. The molecule has 1 saturated heterocycles. The Morgan fingerprint density at radius 3 is 2.70 bits per heavy atom. The van der Waals surface area contributed by atoms with Crippen molar-refractivity contribution in [3.63, 3.8) is 0 Å². The van der Waals surface area contributed by atoms with Crippen LogP contribution in [-0.4, -0.2) is 51.1 Å². The molecule has 180 valence electrons. The van der Waals surface area contributed by atoms with Crippen molar-refractivity contribution >= 4 is 27.5 Å². The van der Waals surface area contributed by atoms with Gasteiger partial charge in [-0.25, -0.2) is 12.8 Å². The first-order valence-corrected chi connectivity index (χ1v) is 11.9. The van der Waals surface area contributed by atoms with Gasteiger partial charge in [0, 0.05) is 19.3 Å². The number of methoxy groups -OCH3 is 1. The largest absolute Gasteiger partial charge is 0.489 e. The van der Waals surface area contributed by atoms with E-state index in [4.69, 9.17) is 25.8 Å². The zero-order valence-corrected chi connectivity index (χ0v) is 19.3. The summed E-state index contributed by atoms with van der Waals surface area (Å²) in [6.07, 6.45) is 0.755. The maximum absolute atomic E-state index is 13.1. The van der Waals surface area contributed by atoms with Crippen LogP contribution in [0.1, 0.15) is 18.4 Å². The summed E-state index contributed by atoms with van der Waals surface area (Å²) in [6.45, 7) is 0.602. The average molecular weight is 503 g/mol. The van der Waals surface area contributed by atoms with Gasteiger partial charge in [0.05, 0.1) is 28.5 Å². The van der Waals surface area contributed by atoms with E-state index in [-0.39, 0.29) is 34.4 Å². The number of ether oxygens (including phenoxy) is 3. The molecule has 2 aromatic rings. The lowest BCUT2D eigenvalue weighted by Gasteiger charge is -2.19. The second-order valence-electron chi connectivity index (χ2n) is 7.41. The van der Waals surface area contributed by atoms with Gasteiger partial charge in [-0.2, -0.15) is 0 Å². The number of nitrogens with zero attached hydrogens (tertiary/aromatic N) is 1. The highest BCUT2D eigenvalue weighted by Crippen LogP contribution is 2.24. The molecule has 2 atom stereocenters. The summed E-state index contributed by atoms with van der Waals surface area (Å²) in [7, 11) is -2.67.